The molecule has 0 aromatic heterocycles. The van der Waals surface area contributed by atoms with E-state index >= 15 is 0 Å². The minimum absolute atomic E-state index is 0.153. The fourth-order valence-corrected chi connectivity index (χ4v) is 3.44. The normalized spacial score (nSPS) is 15.6. The quantitative estimate of drug-likeness (QED) is 0.115. The minimum atomic E-state index is -0.422. The number of ketones is 1. The zero-order valence-corrected chi connectivity index (χ0v) is 27.7. The van der Waals surface area contributed by atoms with Crippen molar-refractivity contribution in [3.8, 4) is 0 Å². The van der Waals surface area contributed by atoms with Gasteiger partial charge in [-0.15, -0.1) is 0 Å². The topological polar surface area (TPSA) is 37.3 Å². The van der Waals surface area contributed by atoms with Gasteiger partial charge in [-0.05, 0) is 81.2 Å². The van der Waals surface area contributed by atoms with Gasteiger partial charge in [0.2, 0.25) is 0 Å². The van der Waals surface area contributed by atoms with Crippen molar-refractivity contribution in [1.29, 1.82) is 0 Å². The van der Waals surface area contributed by atoms with E-state index < -0.39 is 6.10 Å². The summed E-state index contributed by atoms with van der Waals surface area (Å²) >= 11 is 0. The zero-order chi connectivity index (χ0) is 31.9. The summed E-state index contributed by atoms with van der Waals surface area (Å²) in [6, 6.07) is 0. The van der Waals surface area contributed by atoms with Gasteiger partial charge in [0.15, 0.2) is 5.78 Å². The van der Waals surface area contributed by atoms with Crippen LogP contribution in [0.4, 0.5) is 0 Å². The van der Waals surface area contributed by atoms with E-state index in [0.717, 1.165) is 44.6 Å². The number of carbonyl (C=O) groups excluding carboxylic acids is 1. The van der Waals surface area contributed by atoms with Gasteiger partial charge in [0.1, 0.15) is 0 Å². The highest BCUT2D eigenvalue weighted by Gasteiger charge is 2.01. The standard InChI is InChI=1S/C40H54O2/c1-31(2)27-28-40(42)38(10)26-16-24-36(8)22-14-20-34(6)18-12-11-17-33(5)19-13-21-35(7)23-15-25-37(9)30-39(41)29-32(3)4/h11-27,29,39,41H,28,30H2,1-10H3. The molecule has 42 heavy (non-hydrogen) atoms. The molecule has 2 nitrogen and oxygen atoms in total. The van der Waals surface area contributed by atoms with Crippen molar-refractivity contribution in [2.45, 2.75) is 88.2 Å². The van der Waals surface area contributed by atoms with Crippen LogP contribution in [0.3, 0.4) is 0 Å². The molecule has 0 heterocycles. The number of aliphatic hydroxyl groups excluding tert-OH is 1. The third-order valence-electron chi connectivity index (χ3n) is 5.90. The summed E-state index contributed by atoms with van der Waals surface area (Å²) < 4.78 is 0. The predicted molar refractivity (Wildman–Crippen MR) is 187 cm³/mol. The molecule has 0 bridgehead atoms. The van der Waals surface area contributed by atoms with E-state index in [1.807, 2.05) is 103 Å². The van der Waals surface area contributed by atoms with Crippen molar-refractivity contribution in [3.63, 3.8) is 0 Å². The van der Waals surface area contributed by atoms with Gasteiger partial charge in [0.05, 0.1) is 6.10 Å². The summed E-state index contributed by atoms with van der Waals surface area (Å²) in [6.07, 6.45) is 37.1. The molecule has 0 aromatic rings. The molecule has 0 aromatic carbocycles. The number of hydrogen-bond acceptors (Lipinski definition) is 2. The molecular formula is C40H54O2. The van der Waals surface area contributed by atoms with Gasteiger partial charge in [-0.3, -0.25) is 4.79 Å². The molecule has 0 saturated heterocycles. The smallest absolute Gasteiger partial charge is 0.162 e. The molecule has 0 fully saturated rings. The Morgan fingerprint density at radius 3 is 1.38 bits per heavy atom. The van der Waals surface area contributed by atoms with Crippen LogP contribution in [0.5, 0.6) is 0 Å². The molecule has 1 N–H and O–H groups in total. The number of Topliss-reactive ketones (excluding diaryl/α,β-unsaturated/α-hetero) is 1. The van der Waals surface area contributed by atoms with Gasteiger partial charge in [0, 0.05) is 6.42 Å². The molecule has 0 aliphatic carbocycles. The Hall–Kier alpha value is -3.75. The second-order valence-electron chi connectivity index (χ2n) is 11.3. The maximum absolute atomic E-state index is 12.1. The van der Waals surface area contributed by atoms with Gasteiger partial charge in [-0.2, -0.15) is 0 Å². The van der Waals surface area contributed by atoms with Crippen LogP contribution in [0.15, 0.2) is 154 Å². The number of hydrogen-bond donors (Lipinski definition) is 1. The lowest BCUT2D eigenvalue weighted by molar-refractivity contribution is -0.114. The highest BCUT2D eigenvalue weighted by atomic mass is 16.3. The second-order valence-corrected chi connectivity index (χ2v) is 11.3. The maximum Gasteiger partial charge on any atom is 0.162 e. The van der Waals surface area contributed by atoms with Gasteiger partial charge < -0.3 is 5.11 Å². The van der Waals surface area contributed by atoms with Crippen LogP contribution in [0, 0.1) is 0 Å². The number of allylic oxidation sites excluding steroid dienone is 24. The van der Waals surface area contributed by atoms with Crippen LogP contribution in [-0.2, 0) is 4.79 Å². The molecule has 0 aliphatic rings. The Labute approximate surface area is 257 Å². The van der Waals surface area contributed by atoms with Gasteiger partial charge >= 0.3 is 0 Å². The van der Waals surface area contributed by atoms with Crippen LogP contribution in [-0.4, -0.2) is 17.0 Å². The summed E-state index contributed by atoms with van der Waals surface area (Å²) in [5, 5.41) is 10.0. The number of carbonyl (C=O) groups is 1. The molecule has 0 radical (unpaired) electrons. The molecule has 2 heteroatoms. The molecule has 226 valence electrons. The molecule has 0 saturated carbocycles. The lowest BCUT2D eigenvalue weighted by atomic mass is 10.1. The summed E-state index contributed by atoms with van der Waals surface area (Å²) in [4.78, 5) is 12.1. The number of aliphatic hydroxyl groups is 1. The van der Waals surface area contributed by atoms with E-state index in [1.165, 1.54) is 0 Å². The van der Waals surface area contributed by atoms with Crippen molar-refractivity contribution in [2.24, 2.45) is 0 Å². The SMILES string of the molecule is CC(C)=CCC(=O)C(C)=CC=CC(C)=CC=CC(C)=CC=CC=C(C)C=CC=C(C)C=CC=C(C)CC(O)C=C(C)C. The first-order valence-electron chi connectivity index (χ1n) is 14.7. The molecule has 0 aliphatic heterocycles. The van der Waals surface area contributed by atoms with Crippen molar-refractivity contribution in [3.05, 3.63) is 154 Å². The maximum atomic E-state index is 12.1. The van der Waals surface area contributed by atoms with Crippen molar-refractivity contribution < 1.29 is 9.90 Å². The fraction of sp³-hybridized carbons (Fsp3) is 0.325. The van der Waals surface area contributed by atoms with E-state index in [9.17, 15) is 9.90 Å². The van der Waals surface area contributed by atoms with E-state index in [2.05, 4.69) is 75.5 Å². The Morgan fingerprint density at radius 2 is 0.952 bits per heavy atom. The van der Waals surface area contributed by atoms with Crippen LogP contribution in [0.25, 0.3) is 0 Å². The summed E-state index contributed by atoms with van der Waals surface area (Å²) in [7, 11) is 0. The fourth-order valence-electron chi connectivity index (χ4n) is 3.44. The van der Waals surface area contributed by atoms with E-state index in [1.54, 1.807) is 0 Å². The molecule has 0 rings (SSSR count). The molecule has 1 atom stereocenters. The first-order valence-corrected chi connectivity index (χ1v) is 14.7. The van der Waals surface area contributed by atoms with Crippen molar-refractivity contribution in [2.75, 3.05) is 0 Å². The zero-order valence-electron chi connectivity index (χ0n) is 27.7. The van der Waals surface area contributed by atoms with Gasteiger partial charge in [-0.1, -0.05) is 148 Å². The van der Waals surface area contributed by atoms with E-state index in [-0.39, 0.29) is 5.78 Å². The third kappa shape index (κ3) is 23.0. The molecule has 0 amide bonds. The molecule has 0 spiro atoms. The monoisotopic (exact) mass is 566 g/mol. The predicted octanol–water partition coefficient (Wildman–Crippen LogP) is 11.1. The van der Waals surface area contributed by atoms with E-state index in [0.29, 0.717) is 12.8 Å². The lowest BCUT2D eigenvalue weighted by Gasteiger charge is -2.06. The Balaban J connectivity index is 4.83. The van der Waals surface area contributed by atoms with Gasteiger partial charge in [-0.25, -0.2) is 0 Å². The first-order chi connectivity index (χ1) is 19.8. The van der Waals surface area contributed by atoms with Crippen LogP contribution < -0.4 is 0 Å². The first kappa shape index (κ1) is 38.2. The third-order valence-corrected chi connectivity index (χ3v) is 5.90. The molecular weight excluding hydrogens is 512 g/mol. The second kappa shape index (κ2) is 22.9. The van der Waals surface area contributed by atoms with Crippen LogP contribution in [0.2, 0.25) is 0 Å². The molecule has 1 unspecified atom stereocenters. The Bertz CT molecular complexity index is 1260. The largest absolute Gasteiger partial charge is 0.389 e. The number of rotatable bonds is 16. The van der Waals surface area contributed by atoms with Crippen molar-refractivity contribution >= 4 is 5.78 Å². The van der Waals surface area contributed by atoms with Gasteiger partial charge in [0.25, 0.3) is 0 Å². The summed E-state index contributed by atoms with van der Waals surface area (Å²) in [6.45, 7) is 20.2. The van der Waals surface area contributed by atoms with E-state index in [4.69, 9.17) is 0 Å². The highest BCUT2D eigenvalue weighted by molar-refractivity contribution is 5.96. The van der Waals surface area contributed by atoms with Crippen LogP contribution >= 0.6 is 0 Å². The average Bonchev–Trinajstić information content (AvgIpc) is 2.89. The average molecular weight is 567 g/mol. The van der Waals surface area contributed by atoms with Crippen molar-refractivity contribution in [1.82, 2.24) is 0 Å². The lowest BCUT2D eigenvalue weighted by Crippen LogP contribution is -2.02. The Morgan fingerprint density at radius 1 is 0.548 bits per heavy atom. The highest BCUT2D eigenvalue weighted by Crippen LogP contribution is 2.09. The Kier molecular flexibility index (Phi) is 20.8. The minimum Gasteiger partial charge on any atom is -0.389 e. The summed E-state index contributed by atoms with van der Waals surface area (Å²) in [5.41, 5.74) is 8.80. The summed E-state index contributed by atoms with van der Waals surface area (Å²) in [5.74, 6) is 0.153. The van der Waals surface area contributed by atoms with Crippen LogP contribution in [0.1, 0.15) is 82.1 Å².